The van der Waals surface area contributed by atoms with Gasteiger partial charge in [-0.15, -0.1) is 0 Å². The molecule has 0 unspecified atom stereocenters. The Hall–Kier alpha value is -0.897. The average molecular weight is 312 g/mol. The van der Waals surface area contributed by atoms with Crippen LogP contribution >= 0.6 is 0 Å². The molecule has 0 aliphatic rings. The maximum absolute atomic E-state index is 7.12. The number of benzene rings is 2. The van der Waals surface area contributed by atoms with E-state index in [0.717, 1.165) is 0 Å². The first-order chi connectivity index (χ1) is 7.61. The van der Waals surface area contributed by atoms with E-state index in [1.807, 2.05) is 12.1 Å². The van der Waals surface area contributed by atoms with Crippen molar-refractivity contribution in [1.82, 2.24) is 0 Å². The molecule has 86 valence electrons. The van der Waals surface area contributed by atoms with Crippen LogP contribution in [0.25, 0.3) is 11.5 Å². The summed E-state index contributed by atoms with van der Waals surface area (Å²) in [6.45, 7) is 0. The summed E-state index contributed by atoms with van der Waals surface area (Å²) in [5, 5.41) is 0. The van der Waals surface area contributed by atoms with Crippen LogP contribution in [-0.4, -0.2) is 0 Å². The molecule has 0 aromatic heterocycles. The van der Waals surface area contributed by atoms with Gasteiger partial charge in [-0.05, 0) is 0 Å². The molecule has 5 heteroatoms. The van der Waals surface area contributed by atoms with Gasteiger partial charge in [0.25, 0.3) is 0 Å². The fraction of sp³-hybridized carbons (Fsp3) is 0. The monoisotopic (exact) mass is 310 g/mol. The van der Waals surface area contributed by atoms with Crippen LogP contribution in [0.3, 0.4) is 0 Å². The first-order valence-corrected chi connectivity index (χ1v) is 5.38. The molecular weight excluding hydrogens is 302 g/mol. The van der Waals surface area contributed by atoms with E-state index in [0.29, 0.717) is 21.2 Å². The maximum atomic E-state index is 7.12. The van der Waals surface area contributed by atoms with E-state index in [9.17, 15) is 0 Å². The molecule has 0 aliphatic heterocycles. The van der Waals surface area contributed by atoms with Gasteiger partial charge in [-0.2, -0.15) is 21.2 Å². The predicted molar refractivity (Wildman–Crippen MR) is 72.1 cm³/mol. The minimum absolute atomic E-state index is 0. The molecule has 0 spiro atoms. The van der Waals surface area contributed by atoms with Gasteiger partial charge >= 0.3 is 0 Å². The molecule has 0 saturated carbocycles. The van der Waals surface area contributed by atoms with Gasteiger partial charge in [0.15, 0.2) is 0 Å². The zero-order valence-corrected chi connectivity index (χ0v) is 13.7. The van der Waals surface area contributed by atoms with Crippen LogP contribution in [-0.2, 0) is 44.7 Å². The Bertz CT molecular complexity index is 378. The van der Waals surface area contributed by atoms with Crippen molar-refractivity contribution < 1.29 is 19.5 Å². The zero-order chi connectivity index (χ0) is 12.0. The smallest absolute Gasteiger partial charge is 0 e. The molecule has 2 N–H and O–H groups in total. The van der Waals surface area contributed by atoms with Crippen LogP contribution in [0, 0.1) is 0 Å². The van der Waals surface area contributed by atoms with Crippen LogP contribution in [0.1, 0.15) is 0 Å². The summed E-state index contributed by atoms with van der Waals surface area (Å²) in [7, 11) is 0. The van der Waals surface area contributed by atoms with Crippen molar-refractivity contribution in [3.63, 3.8) is 0 Å². The molecular formula is C12H10N2S2Zn-4. The Balaban J connectivity index is 0.000000284. The summed E-state index contributed by atoms with van der Waals surface area (Å²) in [5.74, 6) is 0. The molecule has 0 aliphatic carbocycles. The topological polar surface area (TPSA) is 47.6 Å². The molecule has 0 fully saturated rings. The van der Waals surface area contributed by atoms with Gasteiger partial charge in [-0.1, -0.05) is 48.5 Å². The van der Waals surface area contributed by atoms with E-state index >= 15 is 0 Å². The fourth-order valence-electron chi connectivity index (χ4n) is 0.933. The van der Waals surface area contributed by atoms with Crippen molar-refractivity contribution in [3.05, 3.63) is 60.0 Å². The second kappa shape index (κ2) is 8.23. The van der Waals surface area contributed by atoms with Gasteiger partial charge in [-0.3, -0.25) is 0 Å². The average Bonchev–Trinajstić information content (AvgIpc) is 2.28. The Morgan fingerprint density at radius 1 is 0.647 bits per heavy atom. The van der Waals surface area contributed by atoms with Gasteiger partial charge < -0.3 is 36.7 Å². The summed E-state index contributed by atoms with van der Waals surface area (Å²) in [6, 6.07) is 14.1. The van der Waals surface area contributed by atoms with E-state index in [-0.39, 0.29) is 19.5 Å². The molecule has 17 heavy (non-hydrogen) atoms. The van der Waals surface area contributed by atoms with Crippen molar-refractivity contribution in [2.75, 3.05) is 0 Å². The Kier molecular flexibility index (Phi) is 7.80. The third-order valence-electron chi connectivity index (χ3n) is 1.77. The van der Waals surface area contributed by atoms with Gasteiger partial charge in [0.2, 0.25) is 0 Å². The number of hydrogen-bond donors (Lipinski definition) is 0. The molecule has 0 amide bonds. The molecule has 2 rings (SSSR count). The van der Waals surface area contributed by atoms with Crippen LogP contribution in [0.4, 0.5) is 11.4 Å². The number of rotatable bonds is 0. The quantitative estimate of drug-likeness (QED) is 0.529. The van der Waals surface area contributed by atoms with Gasteiger partial charge in [0, 0.05) is 19.5 Å². The molecule has 2 aromatic rings. The molecule has 2 aromatic carbocycles. The van der Waals surface area contributed by atoms with E-state index in [2.05, 4.69) is 0 Å². The molecule has 0 radical (unpaired) electrons. The number of nitrogens with one attached hydrogen (secondary N) is 2. The van der Waals surface area contributed by atoms with E-state index in [4.69, 9.17) is 36.7 Å². The standard InChI is InChI=1S/2C6H6NS.Zn/c2*7-5-3-1-2-4-6(5)8;/h2*1-4,7-8H;/q2*-1;/p-2. The summed E-state index contributed by atoms with van der Waals surface area (Å²) in [5.41, 5.74) is 15.1. The Morgan fingerprint density at radius 2 is 0.941 bits per heavy atom. The van der Waals surface area contributed by atoms with Crippen LogP contribution < -0.4 is 0 Å². The van der Waals surface area contributed by atoms with Gasteiger partial charge in [0.05, 0.1) is 0 Å². The summed E-state index contributed by atoms with van der Waals surface area (Å²) in [6.07, 6.45) is 0. The second-order valence-electron chi connectivity index (χ2n) is 2.99. The molecule has 0 saturated heterocycles. The van der Waals surface area contributed by atoms with Crippen LogP contribution in [0.15, 0.2) is 58.3 Å². The minimum atomic E-state index is 0. The fourth-order valence-corrected chi connectivity index (χ4v) is 1.23. The van der Waals surface area contributed by atoms with Crippen LogP contribution in [0.2, 0.25) is 0 Å². The van der Waals surface area contributed by atoms with E-state index < -0.39 is 0 Å². The van der Waals surface area contributed by atoms with E-state index in [1.165, 1.54) is 0 Å². The molecule has 0 heterocycles. The second-order valence-corrected chi connectivity index (χ2v) is 3.87. The third kappa shape index (κ3) is 5.82. The first kappa shape index (κ1) is 16.1. The van der Waals surface area contributed by atoms with Crippen LogP contribution in [0.5, 0.6) is 0 Å². The first-order valence-electron chi connectivity index (χ1n) is 4.56. The number of hydrogen-bond acceptors (Lipinski definition) is 2. The summed E-state index contributed by atoms with van der Waals surface area (Å²) >= 11 is 9.53. The normalized spacial score (nSPS) is 8.47. The SMILES string of the molecule is [NH-]c1ccccc1[S-].[NH-]c1ccccc1[S-].[Zn]. The predicted octanol–water partition coefficient (Wildman–Crippen LogP) is 4.55. The third-order valence-corrected chi connectivity index (χ3v) is 2.49. The van der Waals surface area contributed by atoms with Crippen molar-refractivity contribution in [2.45, 2.75) is 9.79 Å². The van der Waals surface area contributed by atoms with Crippen molar-refractivity contribution in [2.24, 2.45) is 0 Å². The molecule has 0 atom stereocenters. The Labute approximate surface area is 125 Å². The van der Waals surface area contributed by atoms with Crippen molar-refractivity contribution >= 4 is 36.6 Å². The summed E-state index contributed by atoms with van der Waals surface area (Å²) in [4.78, 5) is 1.24. The maximum Gasteiger partial charge on any atom is 0 e. The van der Waals surface area contributed by atoms with Crippen molar-refractivity contribution in [3.8, 4) is 0 Å². The molecule has 2 nitrogen and oxygen atoms in total. The van der Waals surface area contributed by atoms with Gasteiger partial charge in [-0.25, -0.2) is 0 Å². The van der Waals surface area contributed by atoms with E-state index in [1.54, 1.807) is 36.4 Å². The van der Waals surface area contributed by atoms with Crippen molar-refractivity contribution in [1.29, 1.82) is 0 Å². The molecule has 0 bridgehead atoms. The summed E-state index contributed by atoms with van der Waals surface area (Å²) < 4.78 is 0. The zero-order valence-electron chi connectivity index (χ0n) is 9.14. The largest absolute Gasteiger partial charge is 0.781 e. The Morgan fingerprint density at radius 3 is 1.12 bits per heavy atom. The minimum Gasteiger partial charge on any atom is -0.781 e. The van der Waals surface area contributed by atoms with Gasteiger partial charge in [0.1, 0.15) is 0 Å².